The first-order chi connectivity index (χ1) is 8.04. The molecule has 0 saturated heterocycles. The molecule has 1 heterocycles. The van der Waals surface area contributed by atoms with Crippen molar-refractivity contribution >= 4 is 32.5 Å². The lowest BCUT2D eigenvalue weighted by molar-refractivity contribution is 0.146. The van der Waals surface area contributed by atoms with E-state index in [1.807, 2.05) is 0 Å². The van der Waals surface area contributed by atoms with Crippen LogP contribution in [0.3, 0.4) is 0 Å². The molecule has 0 amide bonds. The summed E-state index contributed by atoms with van der Waals surface area (Å²) >= 11 is 3.26. The van der Waals surface area contributed by atoms with Gasteiger partial charge >= 0.3 is 0 Å². The Labute approximate surface area is 105 Å². The topological polar surface area (TPSA) is 48.1 Å². The molecule has 0 aliphatic carbocycles. The van der Waals surface area contributed by atoms with Gasteiger partial charge in [-0.15, -0.1) is 0 Å². The highest BCUT2D eigenvalue weighted by Gasteiger charge is 2.16. The predicted octanol–water partition coefficient (Wildman–Crippen LogP) is 3.53. The number of ether oxygens (including phenoxy) is 1. The number of nitrogens with two attached hydrogens (primary N) is 1. The molecule has 0 unspecified atom stereocenters. The molecule has 1 aromatic carbocycles. The van der Waals surface area contributed by atoms with Gasteiger partial charge in [-0.2, -0.15) is 0 Å². The molecule has 90 valence electrons. The minimum Gasteiger partial charge on any atom is -0.496 e. The number of halogens is 3. The fourth-order valence-electron chi connectivity index (χ4n) is 1.61. The number of rotatable bonds is 2. The monoisotopic (exact) mass is 302 g/mol. The summed E-state index contributed by atoms with van der Waals surface area (Å²) in [4.78, 5) is 3.89. The third-order valence-electron chi connectivity index (χ3n) is 2.37. The van der Waals surface area contributed by atoms with Crippen LogP contribution in [0.4, 0.5) is 14.5 Å². The normalized spacial score (nSPS) is 11.1. The van der Waals surface area contributed by atoms with Crippen LogP contribution in [-0.2, 0) is 0 Å². The van der Waals surface area contributed by atoms with Crippen LogP contribution < -0.4 is 10.5 Å². The number of hydrogen-bond acceptors (Lipinski definition) is 3. The van der Waals surface area contributed by atoms with Gasteiger partial charge in [-0.05, 0) is 34.1 Å². The lowest BCUT2D eigenvalue weighted by Gasteiger charge is -2.10. The van der Waals surface area contributed by atoms with Gasteiger partial charge in [0.05, 0.1) is 18.0 Å². The van der Waals surface area contributed by atoms with Crippen LogP contribution in [0, 0.1) is 0 Å². The van der Waals surface area contributed by atoms with E-state index in [9.17, 15) is 8.78 Å². The maximum absolute atomic E-state index is 12.6. The fourth-order valence-corrected chi connectivity index (χ4v) is 2.03. The van der Waals surface area contributed by atoms with Crippen molar-refractivity contribution < 1.29 is 13.5 Å². The fraction of sp³-hybridized carbons (Fsp3) is 0.182. The van der Waals surface area contributed by atoms with E-state index in [1.54, 1.807) is 12.1 Å². The Hall–Kier alpha value is -1.43. The Balaban J connectivity index is 2.84. The number of alkyl halides is 2. The van der Waals surface area contributed by atoms with Crippen LogP contribution in [-0.4, -0.2) is 12.1 Å². The standard InChI is InChI=1S/C11H9BrF2N2O/c1-17-8-3-2-5(12)10-9(8)6(15)4-7(16-10)11(13)14/h2-4,11H,1H3,(H2,15,16). The average Bonchev–Trinajstić information content (AvgIpc) is 2.30. The van der Waals surface area contributed by atoms with Crippen LogP contribution in [0.1, 0.15) is 12.1 Å². The zero-order valence-electron chi connectivity index (χ0n) is 8.88. The Morgan fingerprint density at radius 1 is 1.41 bits per heavy atom. The zero-order chi connectivity index (χ0) is 12.6. The van der Waals surface area contributed by atoms with Crippen LogP contribution >= 0.6 is 15.9 Å². The number of aromatic nitrogens is 1. The smallest absolute Gasteiger partial charge is 0.280 e. The van der Waals surface area contributed by atoms with Crippen molar-refractivity contribution in [2.24, 2.45) is 0 Å². The molecule has 2 rings (SSSR count). The first-order valence-corrected chi connectivity index (χ1v) is 5.54. The van der Waals surface area contributed by atoms with Gasteiger partial charge in [-0.25, -0.2) is 13.8 Å². The SMILES string of the molecule is COc1ccc(Br)c2nc(C(F)F)cc(N)c12. The van der Waals surface area contributed by atoms with Crippen molar-refractivity contribution in [2.75, 3.05) is 12.8 Å². The molecule has 0 bridgehead atoms. The summed E-state index contributed by atoms with van der Waals surface area (Å²) in [5.41, 5.74) is 6.02. The van der Waals surface area contributed by atoms with Gasteiger partial charge in [-0.3, -0.25) is 0 Å². The van der Waals surface area contributed by atoms with Crippen LogP contribution in [0.15, 0.2) is 22.7 Å². The Kier molecular flexibility index (Phi) is 3.15. The van der Waals surface area contributed by atoms with E-state index in [0.29, 0.717) is 21.1 Å². The van der Waals surface area contributed by atoms with Gasteiger partial charge in [0.1, 0.15) is 11.4 Å². The maximum Gasteiger partial charge on any atom is 0.280 e. The van der Waals surface area contributed by atoms with Gasteiger partial charge in [0, 0.05) is 10.2 Å². The van der Waals surface area contributed by atoms with Gasteiger partial charge in [-0.1, -0.05) is 0 Å². The van der Waals surface area contributed by atoms with Gasteiger partial charge in [0.15, 0.2) is 0 Å². The minimum atomic E-state index is -2.65. The van der Waals surface area contributed by atoms with E-state index in [2.05, 4.69) is 20.9 Å². The molecular formula is C11H9BrF2N2O. The summed E-state index contributed by atoms with van der Waals surface area (Å²) in [6, 6.07) is 4.55. The van der Waals surface area contributed by atoms with E-state index in [0.717, 1.165) is 0 Å². The van der Waals surface area contributed by atoms with Crippen LogP contribution in [0.5, 0.6) is 5.75 Å². The van der Waals surface area contributed by atoms with Gasteiger partial charge in [0.25, 0.3) is 6.43 Å². The number of pyridine rings is 1. The number of benzene rings is 1. The molecule has 2 aromatic rings. The molecule has 2 N–H and O–H groups in total. The largest absolute Gasteiger partial charge is 0.496 e. The maximum atomic E-state index is 12.6. The summed E-state index contributed by atoms with van der Waals surface area (Å²) in [7, 11) is 1.49. The first kappa shape index (κ1) is 12.0. The molecule has 0 atom stereocenters. The quantitative estimate of drug-likeness (QED) is 0.923. The molecular weight excluding hydrogens is 294 g/mol. The summed E-state index contributed by atoms with van der Waals surface area (Å²) in [5.74, 6) is 0.508. The molecule has 1 aromatic heterocycles. The van der Waals surface area contributed by atoms with Crippen molar-refractivity contribution in [2.45, 2.75) is 6.43 Å². The molecule has 0 spiro atoms. The Morgan fingerprint density at radius 2 is 2.12 bits per heavy atom. The first-order valence-electron chi connectivity index (χ1n) is 4.75. The summed E-state index contributed by atoms with van der Waals surface area (Å²) in [6.07, 6.45) is -2.65. The highest BCUT2D eigenvalue weighted by molar-refractivity contribution is 9.10. The van der Waals surface area contributed by atoms with Crippen LogP contribution in [0.25, 0.3) is 10.9 Å². The van der Waals surface area contributed by atoms with E-state index in [-0.39, 0.29) is 11.4 Å². The van der Waals surface area contributed by atoms with Crippen molar-refractivity contribution in [1.29, 1.82) is 0 Å². The average molecular weight is 303 g/mol. The number of nitrogen functional groups attached to an aromatic ring is 1. The zero-order valence-corrected chi connectivity index (χ0v) is 10.5. The minimum absolute atomic E-state index is 0.225. The van der Waals surface area contributed by atoms with Crippen LogP contribution in [0.2, 0.25) is 0 Å². The number of methoxy groups -OCH3 is 1. The molecule has 0 aliphatic heterocycles. The van der Waals surface area contributed by atoms with Crippen molar-refractivity contribution in [3.8, 4) is 5.75 Å². The molecule has 17 heavy (non-hydrogen) atoms. The Morgan fingerprint density at radius 3 is 2.71 bits per heavy atom. The highest BCUT2D eigenvalue weighted by Crippen LogP contribution is 2.36. The highest BCUT2D eigenvalue weighted by atomic mass is 79.9. The summed E-state index contributed by atoms with van der Waals surface area (Å²) in [6.45, 7) is 0. The van der Waals surface area contributed by atoms with Gasteiger partial charge in [0.2, 0.25) is 0 Å². The number of anilines is 1. The molecule has 0 fully saturated rings. The third kappa shape index (κ3) is 2.04. The Bertz CT molecular complexity index is 575. The molecule has 3 nitrogen and oxygen atoms in total. The molecule has 0 saturated carbocycles. The van der Waals surface area contributed by atoms with Crippen molar-refractivity contribution in [1.82, 2.24) is 4.98 Å². The predicted molar refractivity (Wildman–Crippen MR) is 65.4 cm³/mol. The van der Waals surface area contributed by atoms with E-state index >= 15 is 0 Å². The lowest BCUT2D eigenvalue weighted by atomic mass is 10.1. The molecule has 0 aliphatic rings. The van der Waals surface area contributed by atoms with E-state index < -0.39 is 6.43 Å². The second-order valence-electron chi connectivity index (χ2n) is 3.41. The summed E-state index contributed by atoms with van der Waals surface area (Å²) < 4.78 is 31.0. The van der Waals surface area contributed by atoms with Crippen molar-refractivity contribution in [3.05, 3.63) is 28.4 Å². The summed E-state index contributed by atoms with van der Waals surface area (Å²) in [5, 5.41) is 0.534. The number of fused-ring (bicyclic) bond motifs is 1. The van der Waals surface area contributed by atoms with E-state index in [1.165, 1.54) is 13.2 Å². The number of nitrogens with zero attached hydrogens (tertiary/aromatic N) is 1. The third-order valence-corrected chi connectivity index (χ3v) is 3.01. The number of hydrogen-bond donors (Lipinski definition) is 1. The van der Waals surface area contributed by atoms with E-state index in [4.69, 9.17) is 10.5 Å². The second kappa shape index (κ2) is 4.44. The molecule has 0 radical (unpaired) electrons. The van der Waals surface area contributed by atoms with Gasteiger partial charge < -0.3 is 10.5 Å². The lowest BCUT2D eigenvalue weighted by Crippen LogP contribution is -1.98. The van der Waals surface area contributed by atoms with Crippen molar-refractivity contribution in [3.63, 3.8) is 0 Å². The molecule has 6 heteroatoms. The second-order valence-corrected chi connectivity index (χ2v) is 4.26.